The zero-order valence-electron chi connectivity index (χ0n) is 5.70. The molecule has 1 radical (unpaired) electrons. The van der Waals surface area contributed by atoms with Crippen molar-refractivity contribution in [1.29, 1.82) is 5.26 Å². The second-order valence-corrected chi connectivity index (χ2v) is 1.66. The minimum Gasteiger partial charge on any atom is -0.508 e. The average Bonchev–Trinajstić information content (AvgIpc) is 1.88. The molecular formula is C7H5KNO. The summed E-state index contributed by atoms with van der Waals surface area (Å²) in [4.78, 5) is 0. The van der Waals surface area contributed by atoms with Crippen LogP contribution in [0.2, 0.25) is 0 Å². The molecule has 0 aliphatic heterocycles. The van der Waals surface area contributed by atoms with E-state index < -0.39 is 0 Å². The molecule has 0 saturated carbocycles. The van der Waals surface area contributed by atoms with Crippen LogP contribution in [0.1, 0.15) is 5.56 Å². The number of phenolic OH excluding ortho intramolecular Hbond substituents is 1. The van der Waals surface area contributed by atoms with Crippen LogP contribution in [-0.2, 0) is 0 Å². The number of aromatic hydroxyl groups is 1. The van der Waals surface area contributed by atoms with Crippen LogP contribution >= 0.6 is 0 Å². The van der Waals surface area contributed by atoms with E-state index in [0.29, 0.717) is 5.56 Å². The van der Waals surface area contributed by atoms with Gasteiger partial charge in [0.2, 0.25) is 0 Å². The van der Waals surface area contributed by atoms with Gasteiger partial charge >= 0.3 is 0 Å². The van der Waals surface area contributed by atoms with Gasteiger partial charge in [0.1, 0.15) is 5.75 Å². The number of hydrogen-bond donors (Lipinski definition) is 1. The van der Waals surface area contributed by atoms with Gasteiger partial charge in [0.25, 0.3) is 0 Å². The molecule has 0 aliphatic carbocycles. The fourth-order valence-electron chi connectivity index (χ4n) is 0.575. The van der Waals surface area contributed by atoms with Crippen molar-refractivity contribution in [3.8, 4) is 11.8 Å². The summed E-state index contributed by atoms with van der Waals surface area (Å²) in [6.45, 7) is 0. The Kier molecular flexibility index (Phi) is 4.96. The summed E-state index contributed by atoms with van der Waals surface area (Å²) < 4.78 is 0. The van der Waals surface area contributed by atoms with E-state index in [1.54, 1.807) is 12.1 Å². The van der Waals surface area contributed by atoms with Crippen molar-refractivity contribution in [3.05, 3.63) is 29.8 Å². The van der Waals surface area contributed by atoms with Crippen LogP contribution in [0.25, 0.3) is 0 Å². The first-order valence-electron chi connectivity index (χ1n) is 2.52. The van der Waals surface area contributed by atoms with Crippen molar-refractivity contribution >= 4 is 51.4 Å². The van der Waals surface area contributed by atoms with Crippen LogP contribution in [-0.4, -0.2) is 56.5 Å². The van der Waals surface area contributed by atoms with Crippen LogP contribution in [0, 0.1) is 11.3 Å². The Hall–Kier alpha value is 0.146. The van der Waals surface area contributed by atoms with Gasteiger partial charge in [0.05, 0.1) is 11.6 Å². The van der Waals surface area contributed by atoms with Gasteiger partial charge in [0, 0.05) is 51.4 Å². The molecule has 3 heteroatoms. The molecule has 1 aromatic carbocycles. The van der Waals surface area contributed by atoms with E-state index >= 15 is 0 Å². The predicted octanol–water partition coefficient (Wildman–Crippen LogP) is 0.883. The molecule has 45 valence electrons. The minimum atomic E-state index is 0. The quantitative estimate of drug-likeness (QED) is 0.570. The Labute approximate surface area is 102 Å². The summed E-state index contributed by atoms with van der Waals surface area (Å²) in [7, 11) is 0. The van der Waals surface area contributed by atoms with Crippen molar-refractivity contribution in [2.75, 3.05) is 0 Å². The number of benzene rings is 1. The van der Waals surface area contributed by atoms with Gasteiger partial charge in [-0.2, -0.15) is 5.26 Å². The van der Waals surface area contributed by atoms with Crippen molar-refractivity contribution in [3.63, 3.8) is 0 Å². The first kappa shape index (κ1) is 10.1. The molecule has 0 heterocycles. The van der Waals surface area contributed by atoms with E-state index in [1.807, 2.05) is 6.07 Å². The van der Waals surface area contributed by atoms with Gasteiger partial charge in [-0.3, -0.25) is 0 Å². The number of nitrogens with zero attached hydrogens (tertiary/aromatic N) is 1. The van der Waals surface area contributed by atoms with Gasteiger partial charge in [0.15, 0.2) is 0 Å². The smallest absolute Gasteiger partial charge is 0.116 e. The van der Waals surface area contributed by atoms with E-state index in [9.17, 15) is 0 Å². The number of hydrogen-bond acceptors (Lipinski definition) is 2. The number of rotatable bonds is 0. The second-order valence-electron chi connectivity index (χ2n) is 1.66. The van der Waals surface area contributed by atoms with E-state index in [1.165, 1.54) is 12.1 Å². The Morgan fingerprint density at radius 3 is 2.50 bits per heavy atom. The fraction of sp³-hybridized carbons (Fsp3) is 0. The summed E-state index contributed by atoms with van der Waals surface area (Å²) in [5.41, 5.74) is 0.481. The Bertz CT molecular complexity index is 254. The zero-order valence-corrected chi connectivity index (χ0v) is 8.83. The van der Waals surface area contributed by atoms with Gasteiger partial charge in [-0.1, -0.05) is 6.07 Å². The van der Waals surface area contributed by atoms with Crippen LogP contribution in [0.15, 0.2) is 24.3 Å². The monoisotopic (exact) mass is 158 g/mol. The fourth-order valence-corrected chi connectivity index (χ4v) is 0.575. The maximum atomic E-state index is 8.79. The maximum Gasteiger partial charge on any atom is 0.116 e. The molecule has 0 saturated heterocycles. The molecule has 0 spiro atoms. The summed E-state index contributed by atoms with van der Waals surface area (Å²) in [6.07, 6.45) is 0. The molecule has 1 rings (SSSR count). The second kappa shape index (κ2) is 4.89. The molecule has 0 aliphatic rings. The minimum absolute atomic E-state index is 0. The molecule has 0 fully saturated rings. The van der Waals surface area contributed by atoms with Crippen molar-refractivity contribution in [2.24, 2.45) is 0 Å². The number of phenols is 1. The summed E-state index contributed by atoms with van der Waals surface area (Å²) in [5, 5.41) is 17.1. The third-order valence-electron chi connectivity index (χ3n) is 0.975. The van der Waals surface area contributed by atoms with E-state index in [-0.39, 0.29) is 57.1 Å². The Morgan fingerprint density at radius 1 is 1.40 bits per heavy atom. The van der Waals surface area contributed by atoms with Crippen LogP contribution in [0.4, 0.5) is 0 Å². The molecule has 0 bridgehead atoms. The summed E-state index contributed by atoms with van der Waals surface area (Å²) in [6, 6.07) is 8.12. The maximum absolute atomic E-state index is 8.79. The van der Waals surface area contributed by atoms with Crippen LogP contribution < -0.4 is 0 Å². The average molecular weight is 158 g/mol. The van der Waals surface area contributed by atoms with Crippen molar-refractivity contribution in [2.45, 2.75) is 0 Å². The van der Waals surface area contributed by atoms with Crippen molar-refractivity contribution in [1.82, 2.24) is 0 Å². The number of nitriles is 1. The van der Waals surface area contributed by atoms with Gasteiger partial charge in [-0.05, 0) is 18.2 Å². The topological polar surface area (TPSA) is 44.0 Å². The zero-order chi connectivity index (χ0) is 6.69. The Morgan fingerprint density at radius 2 is 2.10 bits per heavy atom. The van der Waals surface area contributed by atoms with Crippen LogP contribution in [0.5, 0.6) is 5.75 Å². The van der Waals surface area contributed by atoms with Crippen LogP contribution in [0.3, 0.4) is 0 Å². The van der Waals surface area contributed by atoms with Gasteiger partial charge < -0.3 is 5.11 Å². The van der Waals surface area contributed by atoms with E-state index in [0.717, 1.165) is 0 Å². The molecule has 0 aromatic heterocycles. The summed E-state index contributed by atoms with van der Waals surface area (Å²) >= 11 is 0. The predicted molar refractivity (Wildman–Crippen MR) is 38.6 cm³/mol. The standard InChI is InChI=1S/C7H5NO.K/c8-5-6-2-1-3-7(9)4-6;/h1-4,9H;. The normalized spacial score (nSPS) is 7.50. The molecule has 1 aromatic rings. The molecule has 1 N–H and O–H groups in total. The van der Waals surface area contributed by atoms with E-state index in [4.69, 9.17) is 10.4 Å². The van der Waals surface area contributed by atoms with E-state index in [2.05, 4.69) is 0 Å². The SMILES string of the molecule is N#Cc1cccc(O)c1.[K]. The molecule has 0 amide bonds. The third-order valence-corrected chi connectivity index (χ3v) is 0.975. The molecule has 10 heavy (non-hydrogen) atoms. The molecule has 0 unspecified atom stereocenters. The first-order valence-corrected chi connectivity index (χ1v) is 2.52. The van der Waals surface area contributed by atoms with Crippen molar-refractivity contribution < 1.29 is 5.11 Å². The molecular weight excluding hydrogens is 153 g/mol. The van der Waals surface area contributed by atoms with Gasteiger partial charge in [-0.25, -0.2) is 0 Å². The Balaban J connectivity index is 0.000000810. The summed E-state index contributed by atoms with van der Waals surface area (Å²) in [5.74, 6) is 0.133. The largest absolute Gasteiger partial charge is 0.508 e. The third kappa shape index (κ3) is 2.82. The van der Waals surface area contributed by atoms with Gasteiger partial charge in [-0.15, -0.1) is 0 Å². The molecule has 2 nitrogen and oxygen atoms in total. The first-order chi connectivity index (χ1) is 4.33. The molecule has 0 atom stereocenters.